The number of hydrogen-bond donors (Lipinski definition) is 0. The maximum atomic E-state index is 13.7. The van der Waals surface area contributed by atoms with Crippen molar-refractivity contribution in [3.63, 3.8) is 0 Å². The maximum absolute atomic E-state index is 13.7. The molecule has 0 radical (unpaired) electrons. The molecule has 9 heteroatoms. The SMILES string of the molecule is COc1ccccc1CC1(CN2C[C@@H]3C[C@H](C2)c2cccc(=O)n2C3)C(=O)N(C)C(=O)N(C)C1=O. The van der Waals surface area contributed by atoms with Gasteiger partial charge in [0.1, 0.15) is 11.2 Å². The van der Waals surface area contributed by atoms with E-state index in [0.29, 0.717) is 25.4 Å². The average molecular weight is 479 g/mol. The third kappa shape index (κ3) is 3.74. The molecule has 3 aliphatic rings. The van der Waals surface area contributed by atoms with Crippen molar-refractivity contribution in [3.8, 4) is 5.75 Å². The van der Waals surface area contributed by atoms with Crippen molar-refractivity contribution < 1.29 is 19.1 Å². The first-order valence-electron chi connectivity index (χ1n) is 11.9. The monoisotopic (exact) mass is 478 g/mol. The molecule has 184 valence electrons. The van der Waals surface area contributed by atoms with Gasteiger partial charge in [0.05, 0.1) is 7.11 Å². The van der Waals surface area contributed by atoms with Crippen molar-refractivity contribution in [1.29, 1.82) is 0 Å². The van der Waals surface area contributed by atoms with E-state index < -0.39 is 23.3 Å². The Hall–Kier alpha value is -3.46. The van der Waals surface area contributed by atoms with Gasteiger partial charge < -0.3 is 14.2 Å². The summed E-state index contributed by atoms with van der Waals surface area (Å²) < 4.78 is 7.37. The molecule has 0 unspecified atom stereocenters. The molecule has 1 aromatic carbocycles. The smallest absolute Gasteiger partial charge is 0.332 e. The molecule has 3 aliphatic heterocycles. The van der Waals surface area contributed by atoms with Gasteiger partial charge in [-0.25, -0.2) is 4.79 Å². The first-order valence-corrected chi connectivity index (χ1v) is 11.9. The molecule has 0 spiro atoms. The quantitative estimate of drug-likeness (QED) is 0.606. The summed E-state index contributed by atoms with van der Waals surface area (Å²) in [7, 11) is 4.42. The number of aromatic nitrogens is 1. The molecule has 0 N–H and O–H groups in total. The number of para-hydroxylation sites is 1. The number of imide groups is 2. The molecule has 2 atom stereocenters. The number of benzene rings is 1. The van der Waals surface area contributed by atoms with Crippen LogP contribution in [0.25, 0.3) is 0 Å². The summed E-state index contributed by atoms with van der Waals surface area (Å²) in [5.74, 6) is -0.00708. The molecule has 0 aliphatic carbocycles. The summed E-state index contributed by atoms with van der Waals surface area (Å²) in [6, 6.07) is 12.1. The molecular formula is C26H30N4O5. The van der Waals surface area contributed by atoms with E-state index in [1.54, 1.807) is 25.3 Å². The van der Waals surface area contributed by atoms with Gasteiger partial charge in [-0.2, -0.15) is 0 Å². The van der Waals surface area contributed by atoms with Gasteiger partial charge >= 0.3 is 6.03 Å². The van der Waals surface area contributed by atoms with Crippen LogP contribution in [0.3, 0.4) is 0 Å². The minimum Gasteiger partial charge on any atom is -0.496 e. The normalized spacial score (nSPS) is 23.9. The number of pyridine rings is 1. The van der Waals surface area contributed by atoms with Crippen molar-refractivity contribution in [2.24, 2.45) is 11.3 Å². The van der Waals surface area contributed by atoms with E-state index in [4.69, 9.17) is 4.74 Å². The van der Waals surface area contributed by atoms with Crippen molar-refractivity contribution in [2.45, 2.75) is 25.3 Å². The fourth-order valence-electron chi connectivity index (χ4n) is 6.16. The molecule has 2 aromatic rings. The first-order chi connectivity index (χ1) is 16.7. The number of carbonyl (C=O) groups is 3. The number of hydrogen-bond acceptors (Lipinski definition) is 6. The molecule has 2 bridgehead atoms. The third-order valence-electron chi connectivity index (χ3n) is 7.74. The number of barbiturate groups is 1. The molecule has 0 saturated carbocycles. The van der Waals surface area contributed by atoms with Crippen molar-refractivity contribution in [2.75, 3.05) is 40.8 Å². The van der Waals surface area contributed by atoms with E-state index in [1.165, 1.54) is 14.1 Å². The van der Waals surface area contributed by atoms with Crippen LogP contribution in [0.4, 0.5) is 4.79 Å². The number of fused-ring (bicyclic) bond motifs is 4. The lowest BCUT2D eigenvalue weighted by Crippen LogP contribution is -2.67. The molecule has 2 saturated heterocycles. The van der Waals surface area contributed by atoms with Crippen LogP contribution in [0.2, 0.25) is 0 Å². The Morgan fingerprint density at radius 2 is 1.63 bits per heavy atom. The van der Waals surface area contributed by atoms with Crippen LogP contribution in [0.5, 0.6) is 5.75 Å². The number of ether oxygens (including phenoxy) is 1. The van der Waals surface area contributed by atoms with Crippen LogP contribution in [-0.2, 0) is 22.6 Å². The molecule has 9 nitrogen and oxygen atoms in total. The highest BCUT2D eigenvalue weighted by Gasteiger charge is 2.57. The third-order valence-corrected chi connectivity index (χ3v) is 7.74. The highest BCUT2D eigenvalue weighted by molar-refractivity contribution is 6.19. The second-order valence-electron chi connectivity index (χ2n) is 9.97. The van der Waals surface area contributed by atoms with Gasteiger partial charge in [-0.3, -0.25) is 24.2 Å². The Bertz CT molecular complexity index is 1230. The van der Waals surface area contributed by atoms with Gasteiger partial charge in [0.15, 0.2) is 0 Å². The largest absolute Gasteiger partial charge is 0.496 e. The Morgan fingerprint density at radius 1 is 0.914 bits per heavy atom. The number of carbonyl (C=O) groups excluding carboxylic acids is 3. The first kappa shape index (κ1) is 23.3. The highest BCUT2D eigenvalue weighted by Crippen LogP contribution is 2.40. The molecular weight excluding hydrogens is 448 g/mol. The van der Waals surface area contributed by atoms with E-state index >= 15 is 0 Å². The van der Waals surface area contributed by atoms with Crippen LogP contribution in [-0.4, -0.2) is 78.0 Å². The van der Waals surface area contributed by atoms with Crippen molar-refractivity contribution >= 4 is 17.8 Å². The predicted molar refractivity (Wildman–Crippen MR) is 128 cm³/mol. The number of nitrogens with zero attached hydrogens (tertiary/aromatic N) is 4. The van der Waals surface area contributed by atoms with Crippen LogP contribution >= 0.6 is 0 Å². The van der Waals surface area contributed by atoms with Gasteiger partial charge in [-0.1, -0.05) is 24.3 Å². The lowest BCUT2D eigenvalue weighted by molar-refractivity contribution is -0.159. The lowest BCUT2D eigenvalue weighted by atomic mass is 9.75. The molecule has 5 rings (SSSR count). The summed E-state index contributed by atoms with van der Waals surface area (Å²) >= 11 is 0. The number of methoxy groups -OCH3 is 1. The summed E-state index contributed by atoms with van der Waals surface area (Å²) in [5.41, 5.74) is 0.288. The zero-order chi connectivity index (χ0) is 24.9. The maximum Gasteiger partial charge on any atom is 0.332 e. The van der Waals surface area contributed by atoms with Gasteiger partial charge in [0, 0.05) is 64.4 Å². The van der Waals surface area contributed by atoms with Crippen LogP contribution < -0.4 is 10.3 Å². The van der Waals surface area contributed by atoms with E-state index in [2.05, 4.69) is 4.90 Å². The molecule has 4 heterocycles. The van der Waals surface area contributed by atoms with Gasteiger partial charge in [-0.05, 0) is 30.0 Å². The number of amides is 4. The molecule has 4 amide bonds. The van der Waals surface area contributed by atoms with Crippen LogP contribution in [0, 0.1) is 11.3 Å². The van der Waals surface area contributed by atoms with Gasteiger partial charge in [-0.15, -0.1) is 0 Å². The van der Waals surface area contributed by atoms with Gasteiger partial charge in [0.2, 0.25) is 11.8 Å². The predicted octanol–water partition coefficient (Wildman–Crippen LogP) is 1.56. The Kier molecular flexibility index (Phi) is 5.75. The van der Waals surface area contributed by atoms with Crippen molar-refractivity contribution in [3.05, 3.63) is 64.1 Å². The van der Waals surface area contributed by atoms with E-state index in [1.807, 2.05) is 28.8 Å². The fourth-order valence-corrected chi connectivity index (χ4v) is 6.16. The minimum atomic E-state index is -1.46. The Morgan fingerprint density at radius 3 is 2.34 bits per heavy atom. The number of urea groups is 1. The topological polar surface area (TPSA) is 92.2 Å². The zero-order valence-corrected chi connectivity index (χ0v) is 20.3. The van der Waals surface area contributed by atoms with E-state index in [0.717, 1.165) is 27.5 Å². The average Bonchev–Trinajstić information content (AvgIpc) is 2.86. The minimum absolute atomic E-state index is 0.0118. The second-order valence-corrected chi connectivity index (χ2v) is 9.97. The van der Waals surface area contributed by atoms with Crippen LogP contribution in [0.15, 0.2) is 47.3 Å². The fraction of sp³-hybridized carbons (Fsp3) is 0.462. The highest BCUT2D eigenvalue weighted by atomic mass is 16.5. The standard InChI is InChI=1S/C26H30N4O5/c1-27-23(32)26(24(33)28(2)25(27)34,12-18-7-4-5-9-21(18)35-3)16-29-13-17-11-19(15-29)20-8-6-10-22(31)30(20)14-17/h4-10,17,19H,11-16H2,1-3H3/t17-,19+/m0/s1. The van der Waals surface area contributed by atoms with Crippen LogP contribution in [0.1, 0.15) is 23.6 Å². The van der Waals surface area contributed by atoms with E-state index in [9.17, 15) is 19.2 Å². The Balaban J connectivity index is 1.52. The van der Waals surface area contributed by atoms with Gasteiger partial charge in [0.25, 0.3) is 5.56 Å². The Labute approximate surface area is 203 Å². The summed E-state index contributed by atoms with van der Waals surface area (Å²) in [4.78, 5) is 56.7. The summed E-state index contributed by atoms with van der Waals surface area (Å²) in [6.07, 6.45) is 1.10. The summed E-state index contributed by atoms with van der Waals surface area (Å²) in [5, 5.41) is 0. The number of rotatable bonds is 5. The van der Waals surface area contributed by atoms with Crippen molar-refractivity contribution in [1.82, 2.24) is 19.3 Å². The molecule has 2 fully saturated rings. The zero-order valence-electron chi connectivity index (χ0n) is 20.3. The molecule has 1 aromatic heterocycles. The number of piperidine rings is 1. The lowest BCUT2D eigenvalue weighted by Gasteiger charge is -2.48. The number of likely N-dealkylation sites (tertiary alicyclic amines) is 1. The molecule has 35 heavy (non-hydrogen) atoms. The van der Waals surface area contributed by atoms with E-state index in [-0.39, 0.29) is 30.4 Å². The summed E-state index contributed by atoms with van der Waals surface area (Å²) in [6.45, 7) is 2.12. The second kappa shape index (κ2) is 8.64.